The predicted molar refractivity (Wildman–Crippen MR) is 188 cm³/mol. The first kappa shape index (κ1) is 34.0. The Labute approximate surface area is 277 Å². The lowest BCUT2D eigenvalue weighted by molar-refractivity contribution is 0.0454. The van der Waals surface area contributed by atoms with E-state index in [2.05, 4.69) is 98.6 Å². The van der Waals surface area contributed by atoms with E-state index in [1.807, 2.05) is 13.8 Å². The molecule has 3 aromatic carbocycles. The van der Waals surface area contributed by atoms with E-state index in [0.29, 0.717) is 12.3 Å². The molecule has 1 saturated heterocycles. The second-order valence-corrected chi connectivity index (χ2v) is 14.7. The van der Waals surface area contributed by atoms with Crippen molar-refractivity contribution in [2.45, 2.75) is 97.2 Å². The Morgan fingerprint density at radius 2 is 1.59 bits per heavy atom. The Kier molecular flexibility index (Phi) is 10.8. The normalized spacial score (nSPS) is 18.8. The van der Waals surface area contributed by atoms with Gasteiger partial charge in [-0.05, 0) is 133 Å². The van der Waals surface area contributed by atoms with Gasteiger partial charge in [0, 0.05) is 30.9 Å². The highest BCUT2D eigenvalue weighted by Crippen LogP contribution is 2.44. The van der Waals surface area contributed by atoms with Crippen LogP contribution in [0.3, 0.4) is 0 Å². The van der Waals surface area contributed by atoms with Crippen molar-refractivity contribution in [3.05, 3.63) is 99.6 Å². The maximum absolute atomic E-state index is 11.5. The summed E-state index contributed by atoms with van der Waals surface area (Å²) < 4.78 is 12.2. The van der Waals surface area contributed by atoms with Gasteiger partial charge >= 0.3 is 6.09 Å². The van der Waals surface area contributed by atoms with Crippen LogP contribution in [0.15, 0.2) is 60.7 Å². The van der Waals surface area contributed by atoms with Gasteiger partial charge in [0.25, 0.3) is 0 Å². The fourth-order valence-electron chi connectivity index (χ4n) is 7.83. The molecular weight excluding hydrogens is 570 g/mol. The molecule has 0 aliphatic carbocycles. The van der Waals surface area contributed by atoms with E-state index in [0.717, 1.165) is 57.2 Å². The Morgan fingerprint density at radius 1 is 0.978 bits per heavy atom. The zero-order valence-electron chi connectivity index (χ0n) is 29.0. The lowest BCUT2D eigenvalue weighted by Crippen LogP contribution is -2.47. The Balaban J connectivity index is 1.09. The number of hydrogen-bond donors (Lipinski definition) is 2. The number of hydrogen-bond acceptors (Lipinski definition) is 5. The van der Waals surface area contributed by atoms with Crippen molar-refractivity contribution in [3.63, 3.8) is 0 Å². The highest BCUT2D eigenvalue weighted by atomic mass is 16.6. The van der Waals surface area contributed by atoms with E-state index in [-0.39, 0.29) is 5.60 Å². The molecule has 46 heavy (non-hydrogen) atoms. The van der Waals surface area contributed by atoms with Crippen LogP contribution >= 0.6 is 0 Å². The highest BCUT2D eigenvalue weighted by molar-refractivity contribution is 5.65. The zero-order valence-corrected chi connectivity index (χ0v) is 29.0. The van der Waals surface area contributed by atoms with Crippen LogP contribution in [0.5, 0.6) is 5.75 Å². The number of carbonyl (C=O) groups excluding carboxylic acids is 1. The van der Waals surface area contributed by atoms with Crippen molar-refractivity contribution in [3.8, 4) is 5.75 Å². The van der Waals surface area contributed by atoms with E-state index in [1.54, 1.807) is 0 Å². The second-order valence-electron chi connectivity index (χ2n) is 14.7. The first-order chi connectivity index (χ1) is 21.9. The fourth-order valence-corrected chi connectivity index (χ4v) is 7.83. The molecule has 0 saturated carbocycles. The molecule has 2 aliphatic rings. The number of ether oxygens (including phenoxy) is 2. The Bertz CT molecular complexity index is 1420. The number of rotatable bonds is 13. The molecule has 3 aromatic rings. The molecule has 1 amide bonds. The van der Waals surface area contributed by atoms with Crippen molar-refractivity contribution in [1.82, 2.24) is 10.2 Å². The lowest BCUT2D eigenvalue weighted by Gasteiger charge is -2.37. The molecular formula is C40H55N3O3. The number of likely N-dealkylation sites (tertiary alicyclic amines) is 1. The first-order valence-electron chi connectivity index (χ1n) is 17.3. The number of nitrogens with two attached hydrogens (primary N) is 1. The molecule has 6 heteroatoms. The molecule has 248 valence electrons. The smallest absolute Gasteiger partial charge is 0.405 e. The minimum Gasteiger partial charge on any atom is -0.485 e. The minimum absolute atomic E-state index is 0.245. The molecule has 2 heterocycles. The number of nitrogens with one attached hydrogen (secondary N) is 1. The van der Waals surface area contributed by atoms with Crippen molar-refractivity contribution in [2.24, 2.45) is 11.7 Å². The second kappa shape index (κ2) is 14.6. The summed E-state index contributed by atoms with van der Waals surface area (Å²) in [5.41, 5.74) is 13.4. The monoisotopic (exact) mass is 625 g/mol. The zero-order chi connectivity index (χ0) is 32.9. The molecule has 1 unspecified atom stereocenters. The van der Waals surface area contributed by atoms with Gasteiger partial charge in [-0.2, -0.15) is 0 Å². The average Bonchev–Trinajstić information content (AvgIpc) is 3.38. The molecule has 0 radical (unpaired) electrons. The number of fused-ring (bicyclic) bond motifs is 1. The molecule has 0 spiro atoms. The summed E-state index contributed by atoms with van der Waals surface area (Å²) in [6, 6.07) is 21.8. The molecule has 6 nitrogen and oxygen atoms in total. The lowest BCUT2D eigenvalue weighted by atomic mass is 9.84. The molecule has 1 fully saturated rings. The van der Waals surface area contributed by atoms with E-state index in [9.17, 15) is 4.79 Å². The third-order valence-electron chi connectivity index (χ3n) is 10.4. The van der Waals surface area contributed by atoms with Gasteiger partial charge in [0.05, 0.1) is 0 Å². The van der Waals surface area contributed by atoms with Gasteiger partial charge in [-0.3, -0.25) is 4.90 Å². The van der Waals surface area contributed by atoms with Crippen LogP contribution in [-0.4, -0.2) is 54.9 Å². The van der Waals surface area contributed by atoms with Gasteiger partial charge in [-0.25, -0.2) is 4.79 Å². The van der Waals surface area contributed by atoms with Crippen LogP contribution in [0.25, 0.3) is 0 Å². The average molecular weight is 626 g/mol. The van der Waals surface area contributed by atoms with Crippen molar-refractivity contribution in [1.29, 1.82) is 0 Å². The van der Waals surface area contributed by atoms with Crippen LogP contribution < -0.4 is 15.8 Å². The number of carbonyl (C=O) groups is 1. The maximum Gasteiger partial charge on any atom is 0.405 e. The molecule has 0 bridgehead atoms. The van der Waals surface area contributed by atoms with Gasteiger partial charge < -0.3 is 20.5 Å². The van der Waals surface area contributed by atoms with Gasteiger partial charge in [-0.15, -0.1) is 0 Å². The summed E-state index contributed by atoms with van der Waals surface area (Å²) in [6.45, 7) is 17.9. The third kappa shape index (κ3) is 8.32. The first-order valence-corrected chi connectivity index (χ1v) is 17.3. The van der Waals surface area contributed by atoms with Crippen LogP contribution in [0.4, 0.5) is 4.79 Å². The SMILES string of the molecule is Cc1c(C)c2c(c(C)c1CC(C)(C)OC(N)=O)CC(C)(CN1CCC(CCNCCC(c3ccccc3)c3ccccc3)CC1)O2. The van der Waals surface area contributed by atoms with Crippen molar-refractivity contribution >= 4 is 6.09 Å². The predicted octanol–water partition coefficient (Wildman–Crippen LogP) is 7.64. The third-order valence-corrected chi connectivity index (χ3v) is 10.4. The number of piperidine rings is 1. The van der Waals surface area contributed by atoms with Crippen LogP contribution in [0, 0.1) is 26.7 Å². The van der Waals surface area contributed by atoms with Gasteiger partial charge in [-0.1, -0.05) is 60.7 Å². The van der Waals surface area contributed by atoms with Crippen molar-refractivity contribution < 1.29 is 14.3 Å². The Hall–Kier alpha value is -3.35. The van der Waals surface area contributed by atoms with Crippen LogP contribution in [-0.2, 0) is 17.6 Å². The van der Waals surface area contributed by atoms with Gasteiger partial charge in [0.15, 0.2) is 0 Å². The number of nitrogens with zero attached hydrogens (tertiary/aromatic N) is 1. The topological polar surface area (TPSA) is 76.8 Å². The Morgan fingerprint density at radius 3 is 2.17 bits per heavy atom. The largest absolute Gasteiger partial charge is 0.485 e. The van der Waals surface area contributed by atoms with Crippen molar-refractivity contribution in [2.75, 3.05) is 32.7 Å². The summed E-state index contributed by atoms with van der Waals surface area (Å²) in [6.07, 6.45) is 5.63. The summed E-state index contributed by atoms with van der Waals surface area (Å²) in [7, 11) is 0. The summed E-state index contributed by atoms with van der Waals surface area (Å²) in [5.74, 6) is 2.25. The van der Waals surface area contributed by atoms with Crippen LogP contribution in [0.2, 0.25) is 0 Å². The number of primary amides is 1. The molecule has 2 aliphatic heterocycles. The standard InChI is InChI=1S/C40H55N3O3/c1-28-29(2)37-36(30(3)35(28)25-39(4,5)46-38(41)44)26-40(6,45-37)27-43-23-19-31(20-24-43)17-21-42-22-18-34(32-13-9-7-10-14-32)33-15-11-8-12-16-33/h7-16,31,34,42H,17-27H2,1-6H3,(H2,41,44). The van der Waals surface area contributed by atoms with Gasteiger partial charge in [0.1, 0.15) is 17.0 Å². The summed E-state index contributed by atoms with van der Waals surface area (Å²) in [4.78, 5) is 14.1. The van der Waals surface area contributed by atoms with E-state index < -0.39 is 11.7 Å². The molecule has 0 aromatic heterocycles. The van der Waals surface area contributed by atoms with Gasteiger partial charge in [0.2, 0.25) is 0 Å². The highest BCUT2D eigenvalue weighted by Gasteiger charge is 2.40. The van der Waals surface area contributed by atoms with Crippen LogP contribution in [0.1, 0.15) is 91.3 Å². The summed E-state index contributed by atoms with van der Waals surface area (Å²) in [5, 5.41) is 3.77. The molecule has 5 rings (SSSR count). The quantitative estimate of drug-likeness (QED) is 0.191. The summed E-state index contributed by atoms with van der Waals surface area (Å²) >= 11 is 0. The number of amides is 1. The van der Waals surface area contributed by atoms with E-state index in [1.165, 1.54) is 58.2 Å². The molecule has 1 atom stereocenters. The minimum atomic E-state index is -0.732. The fraction of sp³-hybridized carbons (Fsp3) is 0.525. The number of benzene rings is 3. The molecule has 3 N–H and O–H groups in total. The van der Waals surface area contributed by atoms with E-state index in [4.69, 9.17) is 15.2 Å². The maximum atomic E-state index is 11.5. The van der Waals surface area contributed by atoms with E-state index >= 15 is 0 Å².